The highest BCUT2D eigenvalue weighted by molar-refractivity contribution is 5.85. The Hall–Kier alpha value is -4.32. The smallest absolute Gasteiger partial charge is 0.225 e. The molecule has 0 amide bonds. The van der Waals surface area contributed by atoms with Crippen molar-refractivity contribution in [3.8, 4) is 22.6 Å². The molecule has 0 bridgehead atoms. The number of hydrogen-bond acceptors (Lipinski definition) is 5. The van der Waals surface area contributed by atoms with Crippen molar-refractivity contribution in [3.05, 3.63) is 102 Å². The van der Waals surface area contributed by atoms with Crippen LogP contribution in [0.2, 0.25) is 0 Å². The number of hydrogen-bond donors (Lipinski definition) is 1. The maximum absolute atomic E-state index is 6.54. The SMILES string of the molecule is COc1ccc(-c2cnc(N3CCc4c([nH]c5ccccc45)C3C3Cc4ccccc4O3)nc2)cc1. The van der Waals surface area contributed by atoms with Gasteiger partial charge in [0.15, 0.2) is 0 Å². The summed E-state index contributed by atoms with van der Waals surface area (Å²) in [7, 11) is 1.67. The van der Waals surface area contributed by atoms with Gasteiger partial charge in [-0.25, -0.2) is 9.97 Å². The number of fused-ring (bicyclic) bond motifs is 4. The molecule has 178 valence electrons. The largest absolute Gasteiger partial charge is 0.497 e. The molecule has 2 aliphatic rings. The van der Waals surface area contributed by atoms with E-state index in [4.69, 9.17) is 19.4 Å². The van der Waals surface area contributed by atoms with Gasteiger partial charge in [-0.2, -0.15) is 0 Å². The lowest BCUT2D eigenvalue weighted by molar-refractivity contribution is 0.187. The molecular weight excluding hydrogens is 448 g/mol. The summed E-state index contributed by atoms with van der Waals surface area (Å²) in [5.74, 6) is 2.53. The average molecular weight is 475 g/mol. The molecule has 2 aromatic heterocycles. The van der Waals surface area contributed by atoms with E-state index in [0.29, 0.717) is 0 Å². The maximum Gasteiger partial charge on any atom is 0.225 e. The van der Waals surface area contributed by atoms with Gasteiger partial charge in [-0.3, -0.25) is 0 Å². The molecule has 36 heavy (non-hydrogen) atoms. The van der Waals surface area contributed by atoms with Crippen molar-refractivity contribution in [1.29, 1.82) is 0 Å². The summed E-state index contributed by atoms with van der Waals surface area (Å²) in [6.45, 7) is 0.831. The Kier molecular flexibility index (Phi) is 4.91. The van der Waals surface area contributed by atoms with Crippen LogP contribution in [-0.4, -0.2) is 34.7 Å². The Balaban J connectivity index is 1.27. The second kappa shape index (κ2) is 8.41. The summed E-state index contributed by atoms with van der Waals surface area (Å²) in [5.41, 5.74) is 7.04. The van der Waals surface area contributed by atoms with Gasteiger partial charge in [0.2, 0.25) is 5.95 Å². The van der Waals surface area contributed by atoms with Crippen molar-refractivity contribution in [3.63, 3.8) is 0 Å². The first-order chi connectivity index (χ1) is 17.8. The van der Waals surface area contributed by atoms with Crippen LogP contribution in [0.5, 0.6) is 11.5 Å². The van der Waals surface area contributed by atoms with Crippen LogP contribution in [0.1, 0.15) is 22.9 Å². The number of rotatable bonds is 4. The zero-order chi connectivity index (χ0) is 24.1. The minimum absolute atomic E-state index is 0.0135. The third kappa shape index (κ3) is 3.40. The van der Waals surface area contributed by atoms with Crippen molar-refractivity contribution >= 4 is 16.9 Å². The van der Waals surface area contributed by atoms with Crippen LogP contribution in [0.3, 0.4) is 0 Å². The van der Waals surface area contributed by atoms with Crippen LogP contribution in [0, 0.1) is 0 Å². The van der Waals surface area contributed by atoms with Gasteiger partial charge in [0.1, 0.15) is 23.6 Å². The fraction of sp³-hybridized carbons (Fsp3) is 0.200. The van der Waals surface area contributed by atoms with Gasteiger partial charge in [0.05, 0.1) is 7.11 Å². The minimum atomic E-state index is -0.0284. The molecular formula is C30H26N4O2. The van der Waals surface area contributed by atoms with Crippen molar-refractivity contribution in [2.24, 2.45) is 0 Å². The van der Waals surface area contributed by atoms with E-state index in [9.17, 15) is 0 Å². The first-order valence-corrected chi connectivity index (χ1v) is 12.4. The predicted molar refractivity (Wildman–Crippen MR) is 141 cm³/mol. The van der Waals surface area contributed by atoms with Crippen molar-refractivity contribution in [2.45, 2.75) is 25.0 Å². The number of H-pyrrole nitrogens is 1. The van der Waals surface area contributed by atoms with E-state index in [2.05, 4.69) is 52.3 Å². The van der Waals surface area contributed by atoms with Crippen LogP contribution in [0.15, 0.2) is 85.2 Å². The number of nitrogens with zero attached hydrogens (tertiary/aromatic N) is 3. The van der Waals surface area contributed by atoms with Crippen LogP contribution in [0.25, 0.3) is 22.0 Å². The van der Waals surface area contributed by atoms with Crippen molar-refractivity contribution in [1.82, 2.24) is 15.0 Å². The van der Waals surface area contributed by atoms with Gasteiger partial charge in [0, 0.05) is 47.5 Å². The van der Waals surface area contributed by atoms with Crippen molar-refractivity contribution < 1.29 is 9.47 Å². The van der Waals surface area contributed by atoms with Crippen LogP contribution in [-0.2, 0) is 12.8 Å². The first-order valence-electron chi connectivity index (χ1n) is 12.4. The van der Waals surface area contributed by atoms with Gasteiger partial charge in [-0.15, -0.1) is 0 Å². The summed E-state index contributed by atoms with van der Waals surface area (Å²) in [6.07, 6.45) is 5.58. The van der Waals surface area contributed by atoms with Crippen LogP contribution in [0.4, 0.5) is 5.95 Å². The zero-order valence-electron chi connectivity index (χ0n) is 20.0. The Labute approximate surface area is 209 Å². The molecule has 6 nitrogen and oxygen atoms in total. The quantitative estimate of drug-likeness (QED) is 0.360. The average Bonchev–Trinajstić information content (AvgIpc) is 3.54. The standard InChI is InChI=1S/C30H26N4O2/c1-35-22-12-10-19(11-13-22)21-17-31-30(32-18-21)34-15-14-24-23-7-3-4-8-25(23)33-28(24)29(34)27-16-20-6-2-5-9-26(20)36-27/h2-13,17-18,27,29,33H,14-16H2,1H3. The molecule has 7 rings (SSSR count). The fourth-order valence-electron chi connectivity index (χ4n) is 5.67. The van der Waals surface area contributed by atoms with Crippen LogP contribution >= 0.6 is 0 Å². The minimum Gasteiger partial charge on any atom is -0.497 e. The molecule has 0 saturated carbocycles. The molecule has 4 heterocycles. The highest BCUT2D eigenvalue weighted by Crippen LogP contribution is 2.43. The molecule has 0 saturated heterocycles. The number of benzene rings is 3. The number of nitrogens with one attached hydrogen (secondary N) is 1. The van der Waals surface area contributed by atoms with E-state index in [1.54, 1.807) is 7.11 Å². The van der Waals surface area contributed by atoms with E-state index >= 15 is 0 Å². The fourth-order valence-corrected chi connectivity index (χ4v) is 5.67. The zero-order valence-corrected chi connectivity index (χ0v) is 20.0. The lowest BCUT2D eigenvalue weighted by Gasteiger charge is -2.38. The second-order valence-corrected chi connectivity index (χ2v) is 9.42. The summed E-state index contributed by atoms with van der Waals surface area (Å²) in [5, 5.41) is 1.29. The highest BCUT2D eigenvalue weighted by atomic mass is 16.5. The molecule has 0 aliphatic carbocycles. The predicted octanol–water partition coefficient (Wildman–Crippen LogP) is 5.74. The van der Waals surface area contributed by atoms with E-state index in [0.717, 1.165) is 48.0 Å². The lowest BCUT2D eigenvalue weighted by atomic mass is 9.92. The van der Waals surface area contributed by atoms with Gasteiger partial charge < -0.3 is 19.4 Å². The molecule has 0 fully saturated rings. The molecule has 5 aromatic rings. The maximum atomic E-state index is 6.54. The van der Waals surface area contributed by atoms with E-state index < -0.39 is 0 Å². The Morgan fingerprint density at radius 1 is 0.917 bits per heavy atom. The third-order valence-electron chi connectivity index (χ3n) is 7.42. The summed E-state index contributed by atoms with van der Waals surface area (Å²) in [4.78, 5) is 15.7. The number of methoxy groups -OCH3 is 1. The number of anilines is 1. The molecule has 3 aromatic carbocycles. The third-order valence-corrected chi connectivity index (χ3v) is 7.42. The highest BCUT2D eigenvalue weighted by Gasteiger charge is 2.41. The van der Waals surface area contributed by atoms with Crippen LogP contribution < -0.4 is 14.4 Å². The molecule has 2 atom stereocenters. The van der Waals surface area contributed by atoms with Gasteiger partial charge in [-0.1, -0.05) is 48.5 Å². The molecule has 6 heteroatoms. The number of para-hydroxylation sites is 2. The summed E-state index contributed by atoms with van der Waals surface area (Å²) < 4.78 is 11.8. The van der Waals surface area contributed by atoms with E-state index in [-0.39, 0.29) is 12.1 Å². The number of aromatic nitrogens is 3. The van der Waals surface area contributed by atoms with Gasteiger partial charge in [0.25, 0.3) is 0 Å². The molecule has 0 spiro atoms. The van der Waals surface area contributed by atoms with E-state index in [1.165, 1.54) is 27.7 Å². The Morgan fingerprint density at radius 2 is 1.69 bits per heavy atom. The molecule has 2 unspecified atom stereocenters. The first kappa shape index (κ1) is 21.0. The summed E-state index contributed by atoms with van der Waals surface area (Å²) in [6, 6.07) is 24.9. The van der Waals surface area contributed by atoms with Gasteiger partial charge >= 0.3 is 0 Å². The number of ether oxygens (including phenoxy) is 2. The molecule has 2 aliphatic heterocycles. The lowest BCUT2D eigenvalue weighted by Crippen LogP contribution is -2.44. The molecule has 0 radical (unpaired) electrons. The van der Waals surface area contributed by atoms with Crippen molar-refractivity contribution in [2.75, 3.05) is 18.6 Å². The van der Waals surface area contributed by atoms with E-state index in [1.807, 2.05) is 42.7 Å². The normalized spacial score (nSPS) is 18.5. The molecule has 1 N–H and O–H groups in total. The Morgan fingerprint density at radius 3 is 2.50 bits per heavy atom. The van der Waals surface area contributed by atoms with Gasteiger partial charge in [-0.05, 0) is 47.4 Å². The summed E-state index contributed by atoms with van der Waals surface area (Å²) >= 11 is 0. The Bertz CT molecular complexity index is 1520. The monoisotopic (exact) mass is 474 g/mol. The topological polar surface area (TPSA) is 63.3 Å². The second-order valence-electron chi connectivity index (χ2n) is 9.42. The number of aromatic amines is 1.